The first-order chi connectivity index (χ1) is 3.65. The van der Waals surface area contributed by atoms with E-state index in [0.717, 1.165) is 5.33 Å². The Kier molecular flexibility index (Phi) is 52.5. The van der Waals surface area contributed by atoms with Gasteiger partial charge in [0.1, 0.15) is 0 Å². The van der Waals surface area contributed by atoms with Crippen molar-refractivity contribution in [3.63, 3.8) is 0 Å². The Morgan fingerprint density at radius 2 is 1.50 bits per heavy atom. The second-order valence-corrected chi connectivity index (χ2v) is 1.73. The molecule has 0 aliphatic rings. The quantitative estimate of drug-likeness (QED) is 0.348. The summed E-state index contributed by atoms with van der Waals surface area (Å²) >= 11 is 3.25. The van der Waals surface area contributed by atoms with E-state index in [2.05, 4.69) is 22.9 Å². The molecule has 0 aliphatic carbocycles. The van der Waals surface area contributed by atoms with Gasteiger partial charge in [-0.15, -0.1) is 0 Å². The Hall–Kier alpha value is 3.02. The average Bonchev–Trinajstić information content (AvgIpc) is 1.65. The van der Waals surface area contributed by atoms with E-state index in [1.54, 1.807) is 0 Å². The fourth-order valence-corrected chi connectivity index (χ4v) is 0. The van der Waals surface area contributed by atoms with Crippen molar-refractivity contribution >= 4 is 22.1 Å². The summed E-state index contributed by atoms with van der Waals surface area (Å²) in [5.74, 6) is 0. The molecular formula is C4H7BrK2O3. The van der Waals surface area contributed by atoms with Gasteiger partial charge in [0.05, 0.1) is 0 Å². The third-order valence-electron chi connectivity index (χ3n) is 0.189. The predicted molar refractivity (Wildman–Crippen MR) is 29.5 cm³/mol. The normalized spacial score (nSPS) is 5.40. The molecule has 0 aromatic heterocycles. The molecule has 0 unspecified atom stereocenters. The molecule has 50 valence electrons. The molecule has 0 aliphatic heterocycles. The van der Waals surface area contributed by atoms with Crippen LogP contribution >= 0.6 is 15.9 Å². The van der Waals surface area contributed by atoms with Crippen LogP contribution in [0.3, 0.4) is 0 Å². The SMILES string of the molecule is CCCBr.O=C([O-])[O-].[K+].[K+]. The molecule has 0 amide bonds. The van der Waals surface area contributed by atoms with Gasteiger partial charge in [0.2, 0.25) is 0 Å². The van der Waals surface area contributed by atoms with Gasteiger partial charge >= 0.3 is 103 Å². The van der Waals surface area contributed by atoms with Gasteiger partial charge in [0.25, 0.3) is 0 Å². The molecule has 0 rings (SSSR count). The molecule has 3 nitrogen and oxygen atoms in total. The van der Waals surface area contributed by atoms with Crippen LogP contribution in [0, 0.1) is 0 Å². The number of carboxylic acid groups (broad SMARTS) is 2. The molecular weight excluding hydrogens is 254 g/mol. The summed E-state index contributed by atoms with van der Waals surface area (Å²) in [5, 5.41) is 17.8. The first-order valence-corrected chi connectivity index (χ1v) is 3.21. The van der Waals surface area contributed by atoms with Gasteiger partial charge in [-0.1, -0.05) is 22.9 Å². The first kappa shape index (κ1) is 23.1. The third-order valence-corrected chi connectivity index (χ3v) is 0.982. The minimum Gasteiger partial charge on any atom is -0.652 e. The van der Waals surface area contributed by atoms with Gasteiger partial charge in [0.15, 0.2) is 0 Å². The van der Waals surface area contributed by atoms with E-state index in [-0.39, 0.29) is 103 Å². The maximum absolute atomic E-state index is 8.33. The second kappa shape index (κ2) is 22.7. The zero-order chi connectivity index (χ0) is 6.99. The standard InChI is InChI=1S/C3H7Br.CH2O3.2K/c1-2-3-4;2-1(3)4;;/h2-3H2,1H3;(H2,2,3,4);;/q;;2*+1/p-2. The van der Waals surface area contributed by atoms with Crippen molar-refractivity contribution in [3.05, 3.63) is 0 Å². The average molecular weight is 261 g/mol. The van der Waals surface area contributed by atoms with Gasteiger partial charge in [-0.2, -0.15) is 0 Å². The van der Waals surface area contributed by atoms with E-state index in [4.69, 9.17) is 15.0 Å². The van der Waals surface area contributed by atoms with Gasteiger partial charge in [-0.25, -0.2) is 0 Å². The van der Waals surface area contributed by atoms with Crippen LogP contribution in [0.15, 0.2) is 0 Å². The van der Waals surface area contributed by atoms with E-state index < -0.39 is 6.16 Å². The number of alkyl halides is 1. The number of halogens is 1. The van der Waals surface area contributed by atoms with E-state index in [9.17, 15) is 0 Å². The first-order valence-electron chi connectivity index (χ1n) is 2.09. The van der Waals surface area contributed by atoms with Crippen molar-refractivity contribution in [3.8, 4) is 0 Å². The van der Waals surface area contributed by atoms with Gasteiger partial charge < -0.3 is 15.0 Å². The molecule has 0 aromatic carbocycles. The Morgan fingerprint density at radius 1 is 1.40 bits per heavy atom. The van der Waals surface area contributed by atoms with Crippen molar-refractivity contribution < 1.29 is 118 Å². The molecule has 0 N–H and O–H groups in total. The summed E-state index contributed by atoms with van der Waals surface area (Å²) in [7, 11) is 0. The second-order valence-electron chi connectivity index (χ2n) is 0.939. The minimum atomic E-state index is -2.33. The topological polar surface area (TPSA) is 63.2 Å². The monoisotopic (exact) mass is 260 g/mol. The van der Waals surface area contributed by atoms with Crippen LogP contribution in [-0.4, -0.2) is 11.5 Å². The van der Waals surface area contributed by atoms with Crippen molar-refractivity contribution in [2.24, 2.45) is 0 Å². The molecule has 0 saturated carbocycles. The Balaban J connectivity index is -0.0000000300. The van der Waals surface area contributed by atoms with E-state index in [1.807, 2.05) is 0 Å². The summed E-state index contributed by atoms with van der Waals surface area (Å²) in [6.07, 6.45) is -1.10. The summed E-state index contributed by atoms with van der Waals surface area (Å²) in [6, 6.07) is 0. The van der Waals surface area contributed by atoms with Crippen molar-refractivity contribution in [2.45, 2.75) is 13.3 Å². The number of rotatable bonds is 1. The number of carbonyl (C=O) groups is 1. The van der Waals surface area contributed by atoms with Gasteiger partial charge in [-0.3, -0.25) is 0 Å². The molecule has 0 atom stereocenters. The third kappa shape index (κ3) is 68.4. The molecule has 10 heavy (non-hydrogen) atoms. The zero-order valence-electron chi connectivity index (χ0n) is 6.52. The molecule has 0 heterocycles. The van der Waals surface area contributed by atoms with E-state index in [0.29, 0.717) is 0 Å². The van der Waals surface area contributed by atoms with E-state index in [1.165, 1.54) is 6.42 Å². The molecule has 0 aromatic rings. The van der Waals surface area contributed by atoms with Crippen LogP contribution in [0.25, 0.3) is 0 Å². The van der Waals surface area contributed by atoms with Gasteiger partial charge in [0, 0.05) is 5.33 Å². The predicted octanol–water partition coefficient (Wildman–Crippen LogP) is -6.65. The van der Waals surface area contributed by atoms with Crippen LogP contribution in [0.5, 0.6) is 0 Å². The number of hydrogen-bond acceptors (Lipinski definition) is 3. The summed E-state index contributed by atoms with van der Waals surface area (Å²) in [5.41, 5.74) is 0. The smallest absolute Gasteiger partial charge is 0.652 e. The van der Waals surface area contributed by atoms with Crippen LogP contribution in [0.2, 0.25) is 0 Å². The number of hydrogen-bond donors (Lipinski definition) is 0. The largest absolute Gasteiger partial charge is 1.00 e. The molecule has 0 fully saturated rings. The minimum absolute atomic E-state index is 0. The summed E-state index contributed by atoms with van der Waals surface area (Å²) in [4.78, 5) is 8.33. The van der Waals surface area contributed by atoms with Crippen LogP contribution < -0.4 is 113 Å². The van der Waals surface area contributed by atoms with E-state index >= 15 is 0 Å². The maximum atomic E-state index is 8.33. The van der Waals surface area contributed by atoms with Gasteiger partial charge in [-0.05, 0) is 12.6 Å². The van der Waals surface area contributed by atoms with Crippen molar-refractivity contribution in [1.29, 1.82) is 0 Å². The molecule has 0 bridgehead atoms. The van der Waals surface area contributed by atoms with Crippen LogP contribution in [0.4, 0.5) is 4.79 Å². The maximum Gasteiger partial charge on any atom is 1.00 e. The molecule has 0 saturated heterocycles. The van der Waals surface area contributed by atoms with Crippen LogP contribution in [0.1, 0.15) is 13.3 Å². The van der Waals surface area contributed by atoms with Crippen molar-refractivity contribution in [1.82, 2.24) is 0 Å². The summed E-state index contributed by atoms with van der Waals surface area (Å²) in [6.45, 7) is 2.13. The molecule has 0 spiro atoms. The zero-order valence-corrected chi connectivity index (χ0v) is 14.3. The Morgan fingerprint density at radius 3 is 1.50 bits per heavy atom. The molecule has 0 radical (unpaired) electrons. The molecule has 6 heteroatoms. The number of carbonyl (C=O) groups excluding carboxylic acids is 1. The summed E-state index contributed by atoms with van der Waals surface area (Å²) < 4.78 is 0. The van der Waals surface area contributed by atoms with Crippen LogP contribution in [-0.2, 0) is 0 Å². The Labute approximate surface area is 154 Å². The fourth-order valence-electron chi connectivity index (χ4n) is 0. The van der Waals surface area contributed by atoms with Crippen molar-refractivity contribution in [2.75, 3.05) is 5.33 Å². The Bertz CT molecular complexity index is 56.5. The fraction of sp³-hybridized carbons (Fsp3) is 0.750.